The van der Waals surface area contributed by atoms with Crippen LogP contribution in [0.15, 0.2) is 0 Å². The highest BCUT2D eigenvalue weighted by Gasteiger charge is 2.20. The Balaban J connectivity index is 0.000000371. The van der Waals surface area contributed by atoms with E-state index in [1.807, 2.05) is 0 Å². The van der Waals surface area contributed by atoms with E-state index in [1.165, 1.54) is 0 Å². The number of carbonyl (C=O) groups is 1. The molecule has 1 aliphatic rings. The molecular formula is C6H13NO2S. The Morgan fingerprint density at radius 2 is 2.30 bits per heavy atom. The summed E-state index contributed by atoms with van der Waals surface area (Å²) >= 11 is 3.53. The lowest BCUT2D eigenvalue weighted by molar-refractivity contribution is -0.139. The standard InChI is InChI=1S/C5H9NO2.CH4S/c7-5(8)4-2-1-3-6-4;1-2/h4,6H,1-3H2,(H,7,8);2H,1H3. The monoisotopic (exact) mass is 163 g/mol. The minimum atomic E-state index is -0.720. The maximum absolute atomic E-state index is 10.1. The van der Waals surface area contributed by atoms with Crippen LogP contribution in [0.1, 0.15) is 12.8 Å². The number of rotatable bonds is 1. The van der Waals surface area contributed by atoms with Gasteiger partial charge in [-0.25, -0.2) is 0 Å². The molecule has 1 saturated heterocycles. The molecular weight excluding hydrogens is 150 g/mol. The smallest absolute Gasteiger partial charge is 0.320 e. The van der Waals surface area contributed by atoms with Gasteiger partial charge >= 0.3 is 5.97 Å². The average molecular weight is 163 g/mol. The summed E-state index contributed by atoms with van der Waals surface area (Å²) in [6.45, 7) is 0.858. The molecule has 4 heteroatoms. The van der Waals surface area contributed by atoms with Crippen molar-refractivity contribution in [2.75, 3.05) is 12.8 Å². The summed E-state index contributed by atoms with van der Waals surface area (Å²) in [7, 11) is 0. The molecule has 1 heterocycles. The van der Waals surface area contributed by atoms with E-state index in [2.05, 4.69) is 17.9 Å². The first-order chi connectivity index (χ1) is 4.80. The second kappa shape index (κ2) is 5.56. The van der Waals surface area contributed by atoms with Gasteiger partial charge in [0.25, 0.3) is 0 Å². The van der Waals surface area contributed by atoms with Crippen molar-refractivity contribution in [3.8, 4) is 0 Å². The zero-order valence-corrected chi connectivity index (χ0v) is 6.90. The molecule has 0 aromatic carbocycles. The van der Waals surface area contributed by atoms with Gasteiger partial charge in [-0.2, -0.15) is 12.6 Å². The van der Waals surface area contributed by atoms with Crippen molar-refractivity contribution in [3.63, 3.8) is 0 Å². The predicted molar refractivity (Wildman–Crippen MR) is 43.6 cm³/mol. The fourth-order valence-electron chi connectivity index (χ4n) is 0.895. The third-order valence-corrected chi connectivity index (χ3v) is 1.36. The molecule has 1 unspecified atom stereocenters. The summed E-state index contributed by atoms with van der Waals surface area (Å²) in [6.07, 6.45) is 3.48. The number of hydrogen-bond acceptors (Lipinski definition) is 3. The van der Waals surface area contributed by atoms with Crippen LogP contribution < -0.4 is 5.32 Å². The summed E-state index contributed by atoms with van der Waals surface area (Å²) < 4.78 is 0. The summed E-state index contributed by atoms with van der Waals surface area (Å²) in [5.41, 5.74) is 0. The highest BCUT2D eigenvalue weighted by Crippen LogP contribution is 2.03. The van der Waals surface area contributed by atoms with E-state index in [0.29, 0.717) is 0 Å². The van der Waals surface area contributed by atoms with E-state index in [9.17, 15) is 4.79 Å². The van der Waals surface area contributed by atoms with Gasteiger partial charge in [0.1, 0.15) is 6.04 Å². The fraction of sp³-hybridized carbons (Fsp3) is 0.833. The normalized spacial score (nSPS) is 23.2. The van der Waals surface area contributed by atoms with Crippen LogP contribution in [0.5, 0.6) is 0 Å². The summed E-state index contributed by atoms with van der Waals surface area (Å²) in [5, 5.41) is 11.2. The average Bonchev–Trinajstić information content (AvgIpc) is 2.42. The third-order valence-electron chi connectivity index (χ3n) is 1.36. The zero-order valence-electron chi connectivity index (χ0n) is 6.00. The first kappa shape index (κ1) is 9.78. The molecule has 1 aliphatic heterocycles. The van der Waals surface area contributed by atoms with Crippen LogP contribution in [0.3, 0.4) is 0 Å². The largest absolute Gasteiger partial charge is 0.480 e. The number of aliphatic carboxylic acids is 1. The highest BCUT2D eigenvalue weighted by molar-refractivity contribution is 7.79. The maximum atomic E-state index is 10.1. The molecule has 0 amide bonds. The van der Waals surface area contributed by atoms with E-state index in [0.717, 1.165) is 19.4 Å². The van der Waals surface area contributed by atoms with Crippen LogP contribution in [0, 0.1) is 0 Å². The Labute approximate surface area is 66.2 Å². The van der Waals surface area contributed by atoms with Gasteiger partial charge in [-0.15, -0.1) is 0 Å². The van der Waals surface area contributed by atoms with Gasteiger partial charge in [0.2, 0.25) is 0 Å². The van der Waals surface area contributed by atoms with Crippen LogP contribution in [0.2, 0.25) is 0 Å². The Kier molecular flexibility index (Phi) is 5.43. The zero-order chi connectivity index (χ0) is 7.98. The van der Waals surface area contributed by atoms with Crippen molar-refractivity contribution in [1.29, 1.82) is 0 Å². The number of thiol groups is 1. The maximum Gasteiger partial charge on any atom is 0.320 e. The van der Waals surface area contributed by atoms with Gasteiger partial charge in [0.05, 0.1) is 0 Å². The topological polar surface area (TPSA) is 49.3 Å². The summed E-state index contributed by atoms with van der Waals surface area (Å²) in [4.78, 5) is 10.1. The van der Waals surface area contributed by atoms with Crippen LogP contribution in [-0.4, -0.2) is 29.9 Å². The minimum absolute atomic E-state index is 0.269. The Hall–Kier alpha value is -0.220. The number of nitrogens with one attached hydrogen (secondary N) is 1. The van der Waals surface area contributed by atoms with Crippen molar-refractivity contribution in [1.82, 2.24) is 5.32 Å². The van der Waals surface area contributed by atoms with Crippen LogP contribution in [-0.2, 0) is 4.79 Å². The van der Waals surface area contributed by atoms with Gasteiger partial charge in [-0.3, -0.25) is 4.79 Å². The van der Waals surface area contributed by atoms with Crippen molar-refractivity contribution in [3.05, 3.63) is 0 Å². The molecule has 0 aromatic rings. The van der Waals surface area contributed by atoms with Crippen molar-refractivity contribution < 1.29 is 9.90 Å². The highest BCUT2D eigenvalue weighted by atomic mass is 32.1. The van der Waals surface area contributed by atoms with Gasteiger partial charge in [0.15, 0.2) is 0 Å². The van der Waals surface area contributed by atoms with Gasteiger partial charge in [0, 0.05) is 0 Å². The van der Waals surface area contributed by atoms with Crippen molar-refractivity contribution >= 4 is 18.6 Å². The molecule has 0 spiro atoms. The molecule has 10 heavy (non-hydrogen) atoms. The second-order valence-electron chi connectivity index (χ2n) is 1.99. The first-order valence-corrected chi connectivity index (χ1v) is 4.11. The lowest BCUT2D eigenvalue weighted by Gasteiger charge is -1.99. The van der Waals surface area contributed by atoms with E-state index in [1.54, 1.807) is 6.26 Å². The fourth-order valence-corrected chi connectivity index (χ4v) is 0.895. The van der Waals surface area contributed by atoms with Gasteiger partial charge in [-0.05, 0) is 25.6 Å². The SMILES string of the molecule is CS.O=C(O)C1CCCN1. The molecule has 0 bridgehead atoms. The molecule has 1 atom stereocenters. The second-order valence-corrected chi connectivity index (χ2v) is 1.99. The molecule has 3 nitrogen and oxygen atoms in total. The number of carboxylic acid groups (broad SMARTS) is 1. The number of hydrogen-bond donors (Lipinski definition) is 3. The lowest BCUT2D eigenvalue weighted by Crippen LogP contribution is -2.29. The van der Waals surface area contributed by atoms with Crippen LogP contribution >= 0.6 is 12.6 Å². The van der Waals surface area contributed by atoms with Crippen LogP contribution in [0.25, 0.3) is 0 Å². The van der Waals surface area contributed by atoms with E-state index in [-0.39, 0.29) is 6.04 Å². The van der Waals surface area contributed by atoms with Crippen LogP contribution in [0.4, 0.5) is 0 Å². The van der Waals surface area contributed by atoms with E-state index in [4.69, 9.17) is 5.11 Å². The Bertz CT molecular complexity index is 102. The van der Waals surface area contributed by atoms with E-state index < -0.39 is 5.97 Å². The van der Waals surface area contributed by atoms with Gasteiger partial charge < -0.3 is 10.4 Å². The van der Waals surface area contributed by atoms with E-state index >= 15 is 0 Å². The molecule has 1 fully saturated rings. The molecule has 1 rings (SSSR count). The van der Waals surface area contributed by atoms with Crippen molar-refractivity contribution in [2.24, 2.45) is 0 Å². The lowest BCUT2D eigenvalue weighted by atomic mass is 10.2. The Morgan fingerprint density at radius 3 is 2.50 bits per heavy atom. The molecule has 0 saturated carbocycles. The predicted octanol–water partition coefficient (Wildman–Crippen LogP) is 0.369. The molecule has 0 aliphatic carbocycles. The quantitative estimate of drug-likeness (QED) is 0.489. The minimum Gasteiger partial charge on any atom is -0.480 e. The number of carboxylic acids is 1. The summed E-state index contributed by atoms with van der Waals surface area (Å²) in [5.74, 6) is -0.720. The molecule has 0 aromatic heterocycles. The third kappa shape index (κ3) is 3.08. The van der Waals surface area contributed by atoms with Gasteiger partial charge in [-0.1, -0.05) is 0 Å². The molecule has 0 radical (unpaired) electrons. The Morgan fingerprint density at radius 1 is 1.70 bits per heavy atom. The first-order valence-electron chi connectivity index (χ1n) is 3.21. The molecule has 2 N–H and O–H groups in total. The molecule has 60 valence electrons. The van der Waals surface area contributed by atoms with Crippen molar-refractivity contribution in [2.45, 2.75) is 18.9 Å². The summed E-state index contributed by atoms with van der Waals surface area (Å²) in [6, 6.07) is -0.269.